The highest BCUT2D eigenvalue weighted by Gasteiger charge is 1.87. The number of unbranched alkanes of at least 4 members (excludes halogenated alkanes) is 5. The molecule has 0 radical (unpaired) electrons. The third-order valence-electron chi connectivity index (χ3n) is 2.08. The fourth-order valence-electron chi connectivity index (χ4n) is 1.29. The van der Waals surface area contributed by atoms with E-state index in [0.717, 1.165) is 6.42 Å². The molecule has 0 aliphatic rings. The van der Waals surface area contributed by atoms with Crippen LogP contribution in [0, 0.1) is 0 Å². The zero-order chi connectivity index (χ0) is 10.6. The molecule has 1 nitrogen and oxygen atoms in total. The van der Waals surface area contributed by atoms with E-state index in [-0.39, 0.29) is 5.78 Å². The Morgan fingerprint density at radius 2 is 1.57 bits per heavy atom. The minimum Gasteiger partial charge on any atom is -0.295 e. The molecular weight excluding hydrogens is 172 g/mol. The van der Waals surface area contributed by atoms with Gasteiger partial charge in [0.15, 0.2) is 5.78 Å². The molecule has 0 rings (SSSR count). The minimum absolute atomic E-state index is 0.151. The minimum atomic E-state index is 0.151. The van der Waals surface area contributed by atoms with Crippen LogP contribution in [0.15, 0.2) is 24.3 Å². The highest BCUT2D eigenvalue weighted by atomic mass is 16.1. The van der Waals surface area contributed by atoms with Gasteiger partial charge in [-0.2, -0.15) is 0 Å². The van der Waals surface area contributed by atoms with Crippen LogP contribution in [0.4, 0.5) is 0 Å². The molecule has 0 heterocycles. The average molecular weight is 194 g/mol. The van der Waals surface area contributed by atoms with Crippen molar-refractivity contribution in [2.75, 3.05) is 0 Å². The number of carbonyl (C=O) groups is 1. The van der Waals surface area contributed by atoms with E-state index in [9.17, 15) is 4.79 Å². The summed E-state index contributed by atoms with van der Waals surface area (Å²) in [6.07, 6.45) is 15.3. The molecule has 0 aromatic carbocycles. The summed E-state index contributed by atoms with van der Waals surface area (Å²) in [6.45, 7) is 3.65. The molecule has 0 spiro atoms. The Labute approximate surface area is 87.9 Å². The van der Waals surface area contributed by atoms with Gasteiger partial charge in [0, 0.05) is 0 Å². The standard InChI is InChI=1S/C13H22O/c1-3-4-5-6-7-8-9-10-11-12-13(2)14/h3-4,11-12H,5-10H2,1-2H3/b4-3+,12-11+. The van der Waals surface area contributed by atoms with Gasteiger partial charge in [0.05, 0.1) is 0 Å². The molecule has 0 fully saturated rings. The van der Waals surface area contributed by atoms with E-state index in [0.29, 0.717) is 0 Å². The third kappa shape index (κ3) is 11.2. The van der Waals surface area contributed by atoms with Crippen molar-refractivity contribution in [1.29, 1.82) is 0 Å². The first-order valence-corrected chi connectivity index (χ1v) is 5.55. The number of ketones is 1. The van der Waals surface area contributed by atoms with E-state index in [2.05, 4.69) is 19.1 Å². The van der Waals surface area contributed by atoms with Crippen molar-refractivity contribution in [3.05, 3.63) is 24.3 Å². The largest absolute Gasteiger partial charge is 0.295 e. The van der Waals surface area contributed by atoms with E-state index in [4.69, 9.17) is 0 Å². The zero-order valence-corrected chi connectivity index (χ0v) is 9.46. The van der Waals surface area contributed by atoms with E-state index in [1.165, 1.54) is 32.1 Å². The van der Waals surface area contributed by atoms with E-state index >= 15 is 0 Å². The molecule has 0 aliphatic carbocycles. The lowest BCUT2D eigenvalue weighted by Crippen LogP contribution is -1.80. The molecule has 80 valence electrons. The van der Waals surface area contributed by atoms with E-state index in [1.807, 2.05) is 6.08 Å². The molecule has 0 unspecified atom stereocenters. The normalized spacial score (nSPS) is 11.6. The first-order valence-electron chi connectivity index (χ1n) is 5.55. The maximum Gasteiger partial charge on any atom is 0.152 e. The van der Waals surface area contributed by atoms with Crippen molar-refractivity contribution in [3.8, 4) is 0 Å². The van der Waals surface area contributed by atoms with E-state index < -0.39 is 0 Å². The van der Waals surface area contributed by atoms with Crippen LogP contribution in [0.2, 0.25) is 0 Å². The molecule has 14 heavy (non-hydrogen) atoms. The van der Waals surface area contributed by atoms with Gasteiger partial charge in [0.1, 0.15) is 0 Å². The maximum absolute atomic E-state index is 10.6. The fourth-order valence-corrected chi connectivity index (χ4v) is 1.29. The van der Waals surface area contributed by atoms with Gasteiger partial charge in [-0.25, -0.2) is 0 Å². The number of carbonyl (C=O) groups excluding carboxylic acids is 1. The Kier molecular flexibility index (Phi) is 9.61. The summed E-state index contributed by atoms with van der Waals surface area (Å²) in [5, 5.41) is 0. The molecule has 0 aromatic rings. The molecule has 0 aromatic heterocycles. The van der Waals surface area contributed by atoms with Gasteiger partial charge >= 0.3 is 0 Å². The van der Waals surface area contributed by atoms with Crippen LogP contribution in [0.5, 0.6) is 0 Å². The van der Waals surface area contributed by atoms with Crippen molar-refractivity contribution >= 4 is 5.78 Å². The van der Waals surface area contributed by atoms with Gasteiger partial charge in [-0.15, -0.1) is 0 Å². The monoisotopic (exact) mass is 194 g/mol. The average Bonchev–Trinajstić information content (AvgIpc) is 2.15. The second kappa shape index (κ2) is 10.2. The predicted octanol–water partition coefficient (Wildman–Crippen LogP) is 4.05. The van der Waals surface area contributed by atoms with Crippen molar-refractivity contribution in [3.63, 3.8) is 0 Å². The fraction of sp³-hybridized carbons (Fsp3) is 0.615. The second-order valence-corrected chi connectivity index (χ2v) is 3.57. The third-order valence-corrected chi connectivity index (χ3v) is 2.08. The molecule has 0 aliphatic heterocycles. The van der Waals surface area contributed by atoms with Gasteiger partial charge in [-0.1, -0.05) is 31.1 Å². The molecule has 0 atom stereocenters. The lowest BCUT2D eigenvalue weighted by Gasteiger charge is -1.96. The number of rotatable bonds is 8. The first-order chi connectivity index (χ1) is 6.77. The molecule has 0 N–H and O–H groups in total. The molecule has 0 saturated carbocycles. The smallest absolute Gasteiger partial charge is 0.152 e. The summed E-state index contributed by atoms with van der Waals surface area (Å²) in [4.78, 5) is 10.6. The Morgan fingerprint density at radius 3 is 2.07 bits per heavy atom. The van der Waals surface area contributed by atoms with Gasteiger partial charge in [-0.05, 0) is 45.6 Å². The Balaban J connectivity index is 3.10. The predicted molar refractivity (Wildman–Crippen MR) is 62.3 cm³/mol. The van der Waals surface area contributed by atoms with Crippen molar-refractivity contribution in [2.45, 2.75) is 52.4 Å². The van der Waals surface area contributed by atoms with Crippen molar-refractivity contribution < 1.29 is 4.79 Å². The van der Waals surface area contributed by atoms with Crippen LogP contribution in [-0.4, -0.2) is 5.78 Å². The molecular formula is C13H22O. The zero-order valence-electron chi connectivity index (χ0n) is 9.46. The van der Waals surface area contributed by atoms with Crippen molar-refractivity contribution in [2.24, 2.45) is 0 Å². The lowest BCUT2D eigenvalue weighted by molar-refractivity contribution is -0.112. The van der Waals surface area contributed by atoms with Crippen LogP contribution in [-0.2, 0) is 4.79 Å². The second-order valence-electron chi connectivity index (χ2n) is 3.57. The Morgan fingerprint density at radius 1 is 1.00 bits per heavy atom. The number of hydrogen-bond donors (Lipinski definition) is 0. The summed E-state index contributed by atoms with van der Waals surface area (Å²) >= 11 is 0. The summed E-state index contributed by atoms with van der Waals surface area (Å²) in [6, 6.07) is 0. The Hall–Kier alpha value is -0.850. The SMILES string of the molecule is C/C=C/CCCCCC/C=C/C(C)=O. The summed E-state index contributed by atoms with van der Waals surface area (Å²) in [5.41, 5.74) is 0. The van der Waals surface area contributed by atoms with Crippen LogP contribution >= 0.6 is 0 Å². The summed E-state index contributed by atoms with van der Waals surface area (Å²) in [7, 11) is 0. The molecule has 1 heteroatoms. The van der Waals surface area contributed by atoms with Crippen LogP contribution in [0.3, 0.4) is 0 Å². The van der Waals surface area contributed by atoms with Gasteiger partial charge in [-0.3, -0.25) is 4.79 Å². The molecule has 0 amide bonds. The lowest BCUT2D eigenvalue weighted by atomic mass is 10.1. The Bertz CT molecular complexity index is 189. The maximum atomic E-state index is 10.6. The summed E-state index contributed by atoms with van der Waals surface area (Å²) < 4.78 is 0. The summed E-state index contributed by atoms with van der Waals surface area (Å²) in [5.74, 6) is 0.151. The van der Waals surface area contributed by atoms with Gasteiger partial charge < -0.3 is 0 Å². The van der Waals surface area contributed by atoms with E-state index in [1.54, 1.807) is 13.0 Å². The van der Waals surface area contributed by atoms with Crippen LogP contribution in [0.25, 0.3) is 0 Å². The number of hydrogen-bond acceptors (Lipinski definition) is 1. The topological polar surface area (TPSA) is 17.1 Å². The van der Waals surface area contributed by atoms with Crippen LogP contribution < -0.4 is 0 Å². The molecule has 0 bridgehead atoms. The molecule has 0 saturated heterocycles. The first kappa shape index (κ1) is 13.2. The van der Waals surface area contributed by atoms with Gasteiger partial charge in [0.2, 0.25) is 0 Å². The highest BCUT2D eigenvalue weighted by molar-refractivity contribution is 5.87. The quantitative estimate of drug-likeness (QED) is 0.323. The van der Waals surface area contributed by atoms with Gasteiger partial charge in [0.25, 0.3) is 0 Å². The number of allylic oxidation sites excluding steroid dienone is 4. The van der Waals surface area contributed by atoms with Crippen LogP contribution in [0.1, 0.15) is 52.4 Å². The highest BCUT2D eigenvalue weighted by Crippen LogP contribution is 2.06. The van der Waals surface area contributed by atoms with Crippen molar-refractivity contribution in [1.82, 2.24) is 0 Å².